The van der Waals surface area contributed by atoms with Gasteiger partial charge in [0.05, 0.1) is 5.69 Å². The molecule has 2 heteroatoms. The highest BCUT2D eigenvalue weighted by Crippen LogP contribution is 2.60. The Morgan fingerprint density at radius 3 is 1.97 bits per heavy atom. The number of anilines is 3. The van der Waals surface area contributed by atoms with Crippen molar-refractivity contribution in [2.45, 2.75) is 68.1 Å². The molecule has 2 aliphatic heterocycles. The van der Waals surface area contributed by atoms with Crippen molar-refractivity contribution >= 4 is 35.3 Å². The van der Waals surface area contributed by atoms with Crippen LogP contribution in [0.1, 0.15) is 91.9 Å². The number of aryl methyl sites for hydroxylation is 1. The monoisotopic (exact) mass is 886 g/mol. The fourth-order valence-corrected chi connectivity index (χ4v) is 14.5. The number of fused-ring (bicyclic) bond motifs is 14. The number of hydrogen-bond acceptors (Lipinski definition) is 2. The van der Waals surface area contributed by atoms with Gasteiger partial charge in [0.25, 0.3) is 0 Å². The van der Waals surface area contributed by atoms with Crippen molar-refractivity contribution in [3.8, 4) is 11.1 Å². The average molecular weight is 887 g/mol. The summed E-state index contributed by atoms with van der Waals surface area (Å²) in [5, 5.41) is 0. The van der Waals surface area contributed by atoms with Crippen LogP contribution in [0.3, 0.4) is 0 Å². The molecule has 2 atom stereocenters. The first kappa shape index (κ1) is 39.6. The van der Waals surface area contributed by atoms with Crippen molar-refractivity contribution in [3.63, 3.8) is 0 Å². The van der Waals surface area contributed by atoms with Crippen LogP contribution >= 0.6 is 0 Å². The van der Waals surface area contributed by atoms with Gasteiger partial charge in [0.2, 0.25) is 0 Å². The number of nitrogens with zero attached hydrogens (tertiary/aromatic N) is 2. The van der Waals surface area contributed by atoms with Crippen LogP contribution in [0.2, 0.25) is 0 Å². The van der Waals surface area contributed by atoms with Gasteiger partial charge >= 0.3 is 0 Å². The molecule has 2 spiro atoms. The Balaban J connectivity index is 0.802. The zero-order valence-corrected chi connectivity index (χ0v) is 39.0. The summed E-state index contributed by atoms with van der Waals surface area (Å²) >= 11 is 0. The highest BCUT2D eigenvalue weighted by Gasteiger charge is 2.54. The smallest absolute Gasteiger partial charge is 0.0531 e. The molecule has 332 valence electrons. The predicted molar refractivity (Wildman–Crippen MR) is 286 cm³/mol. The Hall–Kier alpha value is -7.42. The van der Waals surface area contributed by atoms with Gasteiger partial charge in [-0.05, 0) is 171 Å². The summed E-state index contributed by atoms with van der Waals surface area (Å²) < 4.78 is 0. The Bertz CT molecular complexity index is 3480. The van der Waals surface area contributed by atoms with Crippen LogP contribution in [0, 0.1) is 5.92 Å². The van der Waals surface area contributed by atoms with E-state index in [1.807, 2.05) is 0 Å². The molecule has 2 unspecified atom stereocenters. The lowest BCUT2D eigenvalue weighted by Gasteiger charge is -2.38. The van der Waals surface area contributed by atoms with E-state index in [4.69, 9.17) is 0 Å². The highest BCUT2D eigenvalue weighted by molar-refractivity contribution is 5.89. The lowest BCUT2D eigenvalue weighted by atomic mass is 9.69. The first-order valence-corrected chi connectivity index (χ1v) is 25.6. The third-order valence-corrected chi connectivity index (χ3v) is 17.6. The summed E-state index contributed by atoms with van der Waals surface area (Å²) in [5.41, 5.74) is 27.9. The van der Waals surface area contributed by atoms with Gasteiger partial charge in [0.15, 0.2) is 0 Å². The number of allylic oxidation sites excluding steroid dienone is 8. The zero-order chi connectivity index (χ0) is 45.3. The maximum Gasteiger partial charge on any atom is 0.0531 e. The Labute approximate surface area is 406 Å². The molecule has 69 heavy (non-hydrogen) atoms. The maximum atomic E-state index is 2.68. The van der Waals surface area contributed by atoms with Gasteiger partial charge < -0.3 is 9.80 Å². The molecule has 7 aromatic carbocycles. The van der Waals surface area contributed by atoms with E-state index < -0.39 is 0 Å². The summed E-state index contributed by atoms with van der Waals surface area (Å²) in [6.07, 6.45) is 30.4. The third kappa shape index (κ3) is 5.91. The molecule has 0 aromatic heterocycles. The van der Waals surface area contributed by atoms with E-state index in [1.165, 1.54) is 113 Å². The van der Waals surface area contributed by atoms with Gasteiger partial charge in [-0.2, -0.15) is 0 Å². The minimum atomic E-state index is -0.134. The topological polar surface area (TPSA) is 6.48 Å². The van der Waals surface area contributed by atoms with Gasteiger partial charge in [-0.25, -0.2) is 0 Å². The number of para-hydroxylation sites is 2. The fraction of sp³-hybridized carbons (Fsp3) is 0.194. The molecule has 0 amide bonds. The SMILES string of the molecule is C1=CC2=C(CC1)N(c1ccc3c(c1)C1(Cc4ccccc4C1)c1cc(/C=C/c4ccc5c(c4)C4(Cc6ccccc6C4)C4C=C(N6CCCc7ccccc76)C=CC54)ccc1-3)c1ccccc1C=C2. The number of rotatable bonds is 4. The summed E-state index contributed by atoms with van der Waals surface area (Å²) in [5.74, 6) is 0.786. The number of benzene rings is 7. The van der Waals surface area contributed by atoms with Crippen LogP contribution < -0.4 is 9.80 Å². The normalized spacial score (nSPS) is 21.1. The predicted octanol–water partition coefficient (Wildman–Crippen LogP) is 15.3. The second-order valence-electron chi connectivity index (χ2n) is 21.2. The van der Waals surface area contributed by atoms with Crippen LogP contribution in [-0.4, -0.2) is 6.54 Å². The van der Waals surface area contributed by atoms with E-state index in [2.05, 4.69) is 216 Å². The van der Waals surface area contributed by atoms with Crippen molar-refractivity contribution < 1.29 is 0 Å². The molecule has 0 N–H and O–H groups in total. The molecule has 0 saturated heterocycles. The number of hydrogen-bond donors (Lipinski definition) is 0. The summed E-state index contributed by atoms with van der Waals surface area (Å²) in [7, 11) is 0. The third-order valence-electron chi connectivity index (χ3n) is 17.6. The first-order chi connectivity index (χ1) is 34.1. The van der Waals surface area contributed by atoms with Gasteiger partial charge in [-0.1, -0.05) is 176 Å². The van der Waals surface area contributed by atoms with Crippen molar-refractivity contribution in [2.24, 2.45) is 5.92 Å². The second-order valence-corrected chi connectivity index (χ2v) is 21.2. The molecule has 6 aliphatic carbocycles. The standard InChI is InChI=1S/C67H54N2/c1-2-16-50-41-66(40-49(50)15-1)59-36-44(25-31-55(59)57-33-29-53(38-61(57)66)68-35-11-19-46-12-5-8-20-63(46)68)23-24-45-26-32-56-58-34-30-54(39-62(58)67(60(56)37-45)42-51-17-3-4-18-52(51)43-67)69-64-21-9-6-13-47(64)27-28-48-14-7-10-22-65(48)69/h1-9,12-18,20-21,23-34,36-39,57,61H,10-11,19,22,35,40-43H2/b24-23+. The molecule has 15 rings (SSSR count). The maximum absolute atomic E-state index is 2.68. The second kappa shape index (κ2) is 15.0. The van der Waals surface area contributed by atoms with E-state index in [0.717, 1.165) is 51.5 Å². The zero-order valence-electron chi connectivity index (χ0n) is 39.0. The molecular formula is C67H54N2. The highest BCUT2D eigenvalue weighted by atomic mass is 15.2. The van der Waals surface area contributed by atoms with Crippen molar-refractivity contribution in [1.82, 2.24) is 0 Å². The van der Waals surface area contributed by atoms with Crippen molar-refractivity contribution in [1.29, 1.82) is 0 Å². The molecule has 2 heterocycles. The van der Waals surface area contributed by atoms with Gasteiger partial charge in [-0.3, -0.25) is 0 Å². The molecule has 0 saturated carbocycles. The molecule has 0 radical (unpaired) electrons. The van der Waals surface area contributed by atoms with Crippen LogP contribution in [0.4, 0.5) is 17.1 Å². The van der Waals surface area contributed by atoms with Crippen LogP contribution in [0.25, 0.3) is 29.4 Å². The minimum Gasteiger partial charge on any atom is -0.342 e. The molecule has 0 bridgehead atoms. The Morgan fingerprint density at radius 1 is 0.536 bits per heavy atom. The molecule has 2 nitrogen and oxygen atoms in total. The lowest BCUT2D eigenvalue weighted by molar-refractivity contribution is 0.341. The lowest BCUT2D eigenvalue weighted by Crippen LogP contribution is -2.36. The molecule has 0 fully saturated rings. The summed E-state index contributed by atoms with van der Waals surface area (Å²) in [6.45, 7) is 1.08. The van der Waals surface area contributed by atoms with E-state index in [0.29, 0.717) is 11.8 Å². The van der Waals surface area contributed by atoms with E-state index in [-0.39, 0.29) is 10.8 Å². The van der Waals surface area contributed by atoms with Crippen LogP contribution in [0.15, 0.2) is 205 Å². The van der Waals surface area contributed by atoms with Crippen LogP contribution in [0.5, 0.6) is 0 Å². The Morgan fingerprint density at radius 2 is 1.19 bits per heavy atom. The van der Waals surface area contributed by atoms with Gasteiger partial charge in [-0.15, -0.1) is 0 Å². The minimum absolute atomic E-state index is 0.0264. The van der Waals surface area contributed by atoms with Crippen molar-refractivity contribution in [2.75, 3.05) is 16.3 Å². The van der Waals surface area contributed by atoms with Crippen LogP contribution in [-0.2, 0) is 42.9 Å². The van der Waals surface area contributed by atoms with E-state index in [1.54, 1.807) is 5.56 Å². The van der Waals surface area contributed by atoms with Gasteiger partial charge in [0.1, 0.15) is 0 Å². The molecule has 8 aliphatic rings. The average Bonchev–Trinajstić information content (AvgIpc) is 4.10. The summed E-state index contributed by atoms with van der Waals surface area (Å²) in [6, 6.07) is 58.6. The quantitative estimate of drug-likeness (QED) is 0.163. The fourth-order valence-electron chi connectivity index (χ4n) is 14.5. The van der Waals surface area contributed by atoms with E-state index >= 15 is 0 Å². The summed E-state index contributed by atoms with van der Waals surface area (Å²) in [4.78, 5) is 5.18. The van der Waals surface area contributed by atoms with E-state index in [9.17, 15) is 0 Å². The molecular weight excluding hydrogens is 833 g/mol. The van der Waals surface area contributed by atoms with Crippen molar-refractivity contribution in [3.05, 3.63) is 272 Å². The Kier molecular flexibility index (Phi) is 8.62. The first-order valence-electron chi connectivity index (χ1n) is 25.6. The van der Waals surface area contributed by atoms with Gasteiger partial charge in [0, 0.05) is 46.1 Å². The largest absolute Gasteiger partial charge is 0.342 e. The molecule has 7 aromatic rings.